The Hall–Kier alpha value is -2.98. The quantitative estimate of drug-likeness (QED) is 0.554. The molecule has 0 fully saturated rings. The molecular formula is C23H21ClN2O2. The molecule has 0 unspecified atom stereocenters. The Morgan fingerprint density at radius 3 is 1.86 bits per heavy atom. The highest BCUT2D eigenvalue weighted by atomic mass is 35.5. The van der Waals surface area contributed by atoms with E-state index in [9.17, 15) is 4.79 Å². The van der Waals surface area contributed by atoms with Gasteiger partial charge in [-0.25, -0.2) is 0 Å². The third kappa shape index (κ3) is 4.65. The van der Waals surface area contributed by atoms with Crippen molar-refractivity contribution in [1.82, 2.24) is 0 Å². The number of rotatable bonds is 3. The Morgan fingerprint density at radius 2 is 1.32 bits per heavy atom. The second-order valence-electron chi connectivity index (χ2n) is 7.31. The maximum atomic E-state index is 12.5. The standard InChI is InChI=1S/C23H21ClN2O2/c1-23(2,3)22(27)28-19-15-14-18(24)20(16-10-6-4-7-11-16)25-26-21(19)17-12-8-5-9-13-17/h4-15H,1-3H3/b15-14-,18-14?,19-15?,20-18-,21-19+,25-20?,26-21?,26-25+. The van der Waals surface area contributed by atoms with E-state index in [0.717, 1.165) is 11.1 Å². The van der Waals surface area contributed by atoms with E-state index in [1.807, 2.05) is 60.7 Å². The molecule has 0 N–H and O–H groups in total. The van der Waals surface area contributed by atoms with Crippen LogP contribution in [0.25, 0.3) is 11.4 Å². The molecule has 0 radical (unpaired) electrons. The zero-order valence-corrected chi connectivity index (χ0v) is 16.8. The molecule has 0 saturated carbocycles. The lowest BCUT2D eigenvalue weighted by Crippen LogP contribution is -2.22. The zero-order chi connectivity index (χ0) is 20.1. The maximum absolute atomic E-state index is 12.5. The predicted molar refractivity (Wildman–Crippen MR) is 112 cm³/mol. The summed E-state index contributed by atoms with van der Waals surface area (Å²) >= 11 is 6.46. The van der Waals surface area contributed by atoms with Crippen molar-refractivity contribution in [2.75, 3.05) is 0 Å². The molecular weight excluding hydrogens is 372 g/mol. The van der Waals surface area contributed by atoms with Crippen LogP contribution in [0, 0.1) is 5.41 Å². The Kier molecular flexibility index (Phi) is 5.90. The third-order valence-corrected chi connectivity index (χ3v) is 4.31. The van der Waals surface area contributed by atoms with Crippen LogP contribution < -0.4 is 0 Å². The summed E-state index contributed by atoms with van der Waals surface area (Å²) in [7, 11) is 0. The monoisotopic (exact) mass is 392 g/mol. The number of hydrogen-bond acceptors (Lipinski definition) is 4. The first-order valence-electron chi connectivity index (χ1n) is 8.93. The van der Waals surface area contributed by atoms with Crippen LogP contribution in [-0.2, 0) is 9.53 Å². The molecule has 3 rings (SSSR count). The first-order valence-corrected chi connectivity index (χ1v) is 9.31. The number of carbonyl (C=O) groups is 1. The molecule has 0 aliphatic carbocycles. The fraction of sp³-hybridized carbons (Fsp3) is 0.174. The normalized spacial score (nSPS) is 22.1. The first kappa shape index (κ1) is 19.8. The molecule has 0 spiro atoms. The molecule has 0 saturated heterocycles. The van der Waals surface area contributed by atoms with Gasteiger partial charge in [0, 0.05) is 11.1 Å². The number of hydrogen-bond donors (Lipinski definition) is 0. The van der Waals surface area contributed by atoms with Gasteiger partial charge >= 0.3 is 5.97 Å². The summed E-state index contributed by atoms with van der Waals surface area (Å²) in [6, 6.07) is 19.1. The van der Waals surface area contributed by atoms with Crippen molar-refractivity contribution in [3.8, 4) is 0 Å². The Bertz CT molecular complexity index is 982. The highest BCUT2D eigenvalue weighted by molar-refractivity contribution is 6.34. The van der Waals surface area contributed by atoms with E-state index in [4.69, 9.17) is 16.3 Å². The van der Waals surface area contributed by atoms with Crippen LogP contribution in [0.4, 0.5) is 0 Å². The number of halogens is 1. The highest BCUT2D eigenvalue weighted by Gasteiger charge is 2.26. The van der Waals surface area contributed by atoms with Crippen molar-refractivity contribution in [3.05, 3.63) is 94.7 Å². The maximum Gasteiger partial charge on any atom is 0.316 e. The minimum Gasteiger partial charge on any atom is -0.424 e. The molecule has 0 atom stereocenters. The molecule has 5 heteroatoms. The van der Waals surface area contributed by atoms with Crippen LogP contribution in [0.1, 0.15) is 31.9 Å². The van der Waals surface area contributed by atoms with Gasteiger partial charge in [0.2, 0.25) is 0 Å². The van der Waals surface area contributed by atoms with Crippen LogP contribution in [-0.4, -0.2) is 5.97 Å². The number of allylic oxidation sites excluding steroid dienone is 3. The molecule has 0 bridgehead atoms. The lowest BCUT2D eigenvalue weighted by molar-refractivity contribution is -0.147. The zero-order valence-electron chi connectivity index (χ0n) is 16.0. The molecule has 2 aromatic rings. The van der Waals surface area contributed by atoms with Crippen molar-refractivity contribution < 1.29 is 9.53 Å². The Labute approximate surface area is 169 Å². The summed E-state index contributed by atoms with van der Waals surface area (Å²) in [5, 5.41) is 9.20. The molecule has 28 heavy (non-hydrogen) atoms. The first-order chi connectivity index (χ1) is 13.4. The SMILES string of the molecule is CC(C)(C)C(=O)OC1=C(c2ccccc2)/N=N/C(c2ccccc2)=C(Cl)/C=C\1. The molecule has 2 aromatic carbocycles. The molecule has 142 valence electrons. The van der Waals surface area contributed by atoms with Crippen LogP contribution in [0.15, 0.2) is 93.8 Å². The Morgan fingerprint density at radius 1 is 0.821 bits per heavy atom. The smallest absolute Gasteiger partial charge is 0.316 e. The summed E-state index contributed by atoms with van der Waals surface area (Å²) < 4.78 is 5.67. The average molecular weight is 393 g/mol. The van der Waals surface area contributed by atoms with E-state index in [-0.39, 0.29) is 5.97 Å². The van der Waals surface area contributed by atoms with E-state index in [1.54, 1.807) is 32.9 Å². The summed E-state index contributed by atoms with van der Waals surface area (Å²) in [6.45, 7) is 5.39. The van der Waals surface area contributed by atoms with Gasteiger partial charge in [0.15, 0.2) is 5.76 Å². The van der Waals surface area contributed by atoms with E-state index in [2.05, 4.69) is 10.2 Å². The fourth-order valence-electron chi connectivity index (χ4n) is 2.43. The highest BCUT2D eigenvalue weighted by Crippen LogP contribution is 2.32. The van der Waals surface area contributed by atoms with Crippen molar-refractivity contribution in [2.24, 2.45) is 15.6 Å². The average Bonchev–Trinajstić information content (AvgIpc) is 2.68. The van der Waals surface area contributed by atoms with Gasteiger partial charge in [-0.2, -0.15) is 0 Å². The minimum absolute atomic E-state index is 0.306. The largest absolute Gasteiger partial charge is 0.424 e. The van der Waals surface area contributed by atoms with Gasteiger partial charge in [-0.15, -0.1) is 10.2 Å². The molecule has 1 aliphatic rings. The second-order valence-corrected chi connectivity index (χ2v) is 7.72. The topological polar surface area (TPSA) is 51.0 Å². The fourth-order valence-corrected chi connectivity index (χ4v) is 2.64. The molecule has 1 heterocycles. The van der Waals surface area contributed by atoms with E-state index < -0.39 is 5.41 Å². The third-order valence-electron chi connectivity index (χ3n) is 4.00. The summed E-state index contributed by atoms with van der Waals surface area (Å²) in [5.74, 6) is -0.0557. The number of carbonyl (C=O) groups excluding carboxylic acids is 1. The van der Waals surface area contributed by atoms with E-state index in [1.165, 1.54) is 0 Å². The summed E-state index contributed by atoms with van der Waals surface area (Å²) in [4.78, 5) is 12.5. The minimum atomic E-state index is -0.656. The van der Waals surface area contributed by atoms with Crippen LogP contribution in [0.2, 0.25) is 0 Å². The molecule has 0 amide bonds. The van der Waals surface area contributed by atoms with E-state index >= 15 is 0 Å². The van der Waals surface area contributed by atoms with Gasteiger partial charge in [-0.1, -0.05) is 72.3 Å². The summed E-state index contributed by atoms with van der Waals surface area (Å²) in [5.41, 5.74) is 2.00. The van der Waals surface area contributed by atoms with Crippen molar-refractivity contribution in [2.45, 2.75) is 20.8 Å². The molecule has 0 aromatic heterocycles. The van der Waals surface area contributed by atoms with Crippen LogP contribution >= 0.6 is 11.6 Å². The molecule has 1 aliphatic heterocycles. The lowest BCUT2D eigenvalue weighted by atomic mass is 9.97. The van der Waals surface area contributed by atoms with Gasteiger partial charge in [0.05, 0.1) is 10.4 Å². The Balaban J connectivity index is 2.09. The van der Waals surface area contributed by atoms with Gasteiger partial charge < -0.3 is 4.74 Å². The number of benzene rings is 2. The summed E-state index contributed by atoms with van der Waals surface area (Å²) in [6.07, 6.45) is 3.34. The van der Waals surface area contributed by atoms with Crippen molar-refractivity contribution >= 4 is 29.0 Å². The van der Waals surface area contributed by atoms with Crippen LogP contribution in [0.3, 0.4) is 0 Å². The molecule has 4 nitrogen and oxygen atoms in total. The number of esters is 1. The lowest BCUT2D eigenvalue weighted by Gasteiger charge is -2.18. The van der Waals surface area contributed by atoms with Gasteiger partial charge in [-0.3, -0.25) is 4.79 Å². The van der Waals surface area contributed by atoms with Crippen molar-refractivity contribution in [1.29, 1.82) is 0 Å². The van der Waals surface area contributed by atoms with Gasteiger partial charge in [0.25, 0.3) is 0 Å². The number of azo groups is 1. The number of nitrogens with zero attached hydrogens (tertiary/aromatic N) is 2. The van der Waals surface area contributed by atoms with Gasteiger partial charge in [0.1, 0.15) is 11.4 Å². The predicted octanol–water partition coefficient (Wildman–Crippen LogP) is 6.57. The second kappa shape index (κ2) is 8.36. The van der Waals surface area contributed by atoms with Crippen molar-refractivity contribution in [3.63, 3.8) is 0 Å². The van der Waals surface area contributed by atoms with Gasteiger partial charge in [-0.05, 0) is 32.9 Å². The van der Waals surface area contributed by atoms with E-state index in [0.29, 0.717) is 22.2 Å². The number of ether oxygens (including phenoxy) is 1. The van der Waals surface area contributed by atoms with Crippen LogP contribution in [0.5, 0.6) is 0 Å².